The Bertz CT molecular complexity index is 499. The van der Waals surface area contributed by atoms with Gasteiger partial charge in [0.15, 0.2) is 0 Å². The number of thiophene rings is 2. The molecule has 78 valence electrons. The van der Waals surface area contributed by atoms with E-state index in [2.05, 4.69) is 15.9 Å². The monoisotopic (exact) mass is 338 g/mol. The van der Waals surface area contributed by atoms with Crippen molar-refractivity contribution in [2.45, 2.75) is 0 Å². The van der Waals surface area contributed by atoms with Crippen LogP contribution in [-0.2, 0) is 0 Å². The minimum Gasteiger partial charge on any atom is -0.136 e. The van der Waals surface area contributed by atoms with Crippen LogP contribution < -0.4 is 0 Å². The number of hydrogen-bond acceptors (Lipinski definition) is 2. The van der Waals surface area contributed by atoms with Crippen molar-refractivity contribution < 1.29 is 0 Å². The van der Waals surface area contributed by atoms with Gasteiger partial charge in [-0.25, -0.2) is 0 Å². The summed E-state index contributed by atoms with van der Waals surface area (Å²) in [6.07, 6.45) is 3.99. The van der Waals surface area contributed by atoms with Gasteiger partial charge in [0.25, 0.3) is 0 Å². The molecular formula is C10H5BrCl2S2. The van der Waals surface area contributed by atoms with E-state index < -0.39 is 0 Å². The van der Waals surface area contributed by atoms with E-state index in [1.165, 1.54) is 11.3 Å². The van der Waals surface area contributed by atoms with Crippen LogP contribution in [-0.4, -0.2) is 0 Å². The standard InChI is InChI=1S/C10H5BrCl2S2/c11-9-6(3-4-14-9)1-2-7-5-8(12)15-10(7)13/h1-5H/b2-1-. The van der Waals surface area contributed by atoms with Gasteiger partial charge >= 0.3 is 0 Å². The maximum absolute atomic E-state index is 6.00. The maximum atomic E-state index is 6.00. The van der Waals surface area contributed by atoms with Crippen molar-refractivity contribution in [3.63, 3.8) is 0 Å². The fourth-order valence-electron chi connectivity index (χ4n) is 1.07. The fourth-order valence-corrected chi connectivity index (χ4v) is 3.70. The lowest BCUT2D eigenvalue weighted by atomic mass is 10.2. The molecule has 15 heavy (non-hydrogen) atoms. The van der Waals surface area contributed by atoms with E-state index in [1.807, 2.05) is 29.7 Å². The lowest BCUT2D eigenvalue weighted by Crippen LogP contribution is -1.65. The second-order valence-corrected chi connectivity index (χ2v) is 7.28. The van der Waals surface area contributed by atoms with Crippen LogP contribution in [0.15, 0.2) is 21.3 Å². The first kappa shape index (κ1) is 11.7. The zero-order valence-electron chi connectivity index (χ0n) is 7.34. The second-order valence-electron chi connectivity index (χ2n) is 2.76. The van der Waals surface area contributed by atoms with Gasteiger partial charge in [0.1, 0.15) is 4.34 Å². The van der Waals surface area contributed by atoms with Gasteiger partial charge in [0, 0.05) is 5.56 Å². The Labute approximate surface area is 114 Å². The minimum absolute atomic E-state index is 0.712. The van der Waals surface area contributed by atoms with E-state index in [1.54, 1.807) is 11.3 Å². The molecule has 0 aliphatic carbocycles. The molecule has 0 atom stereocenters. The molecule has 0 nitrogen and oxygen atoms in total. The Morgan fingerprint density at radius 3 is 2.47 bits per heavy atom. The molecule has 0 radical (unpaired) electrons. The Morgan fingerprint density at radius 2 is 1.93 bits per heavy atom. The highest BCUT2D eigenvalue weighted by atomic mass is 79.9. The molecule has 0 fully saturated rings. The molecule has 0 bridgehead atoms. The minimum atomic E-state index is 0.712. The molecule has 0 unspecified atom stereocenters. The zero-order chi connectivity index (χ0) is 10.8. The molecule has 5 heteroatoms. The van der Waals surface area contributed by atoms with Crippen molar-refractivity contribution in [3.05, 3.63) is 41.1 Å². The molecule has 0 saturated carbocycles. The molecule has 0 saturated heterocycles. The molecule has 0 N–H and O–H groups in total. The van der Waals surface area contributed by atoms with Crippen molar-refractivity contribution in [3.8, 4) is 0 Å². The summed E-state index contributed by atoms with van der Waals surface area (Å²) in [6.45, 7) is 0. The van der Waals surface area contributed by atoms with Gasteiger partial charge < -0.3 is 0 Å². The summed E-state index contributed by atoms with van der Waals surface area (Å²) in [5, 5.41) is 2.03. The molecule has 2 aromatic rings. The van der Waals surface area contributed by atoms with Gasteiger partial charge in [-0.15, -0.1) is 22.7 Å². The van der Waals surface area contributed by atoms with E-state index >= 15 is 0 Å². The van der Waals surface area contributed by atoms with Crippen molar-refractivity contribution in [1.82, 2.24) is 0 Å². The van der Waals surface area contributed by atoms with E-state index in [4.69, 9.17) is 23.2 Å². The summed E-state index contributed by atoms with van der Waals surface area (Å²) >= 11 is 18.4. The molecule has 2 rings (SSSR count). The quantitative estimate of drug-likeness (QED) is 0.624. The van der Waals surface area contributed by atoms with Crippen LogP contribution in [0, 0.1) is 0 Å². The summed E-state index contributed by atoms with van der Waals surface area (Å²) in [6, 6.07) is 3.92. The smallest absolute Gasteiger partial charge is 0.102 e. The summed E-state index contributed by atoms with van der Waals surface area (Å²) < 4.78 is 2.56. The van der Waals surface area contributed by atoms with E-state index in [9.17, 15) is 0 Å². The molecule has 0 aliphatic heterocycles. The zero-order valence-corrected chi connectivity index (χ0v) is 12.1. The van der Waals surface area contributed by atoms with Crippen LogP contribution in [0.2, 0.25) is 8.67 Å². The predicted molar refractivity (Wildman–Crippen MR) is 75.3 cm³/mol. The SMILES string of the molecule is Clc1cc(/C=C\c2ccsc2Br)c(Cl)s1. The van der Waals surface area contributed by atoms with E-state index in [-0.39, 0.29) is 0 Å². The van der Waals surface area contributed by atoms with Crippen LogP contribution in [0.3, 0.4) is 0 Å². The first-order valence-electron chi connectivity index (χ1n) is 4.03. The summed E-state index contributed by atoms with van der Waals surface area (Å²) in [7, 11) is 0. The third-order valence-corrected chi connectivity index (χ3v) is 5.02. The maximum Gasteiger partial charge on any atom is 0.102 e. The summed E-state index contributed by atoms with van der Waals surface area (Å²) in [4.78, 5) is 0. The third-order valence-electron chi connectivity index (χ3n) is 1.77. The number of halogens is 3. The molecular weight excluding hydrogens is 335 g/mol. The fraction of sp³-hybridized carbons (Fsp3) is 0. The van der Waals surface area contributed by atoms with Gasteiger partial charge in [0.05, 0.1) is 8.12 Å². The van der Waals surface area contributed by atoms with Gasteiger partial charge in [-0.05, 0) is 39.0 Å². The van der Waals surface area contributed by atoms with E-state index in [0.717, 1.165) is 19.2 Å². The number of hydrogen-bond donors (Lipinski definition) is 0. The van der Waals surface area contributed by atoms with Crippen molar-refractivity contribution in [1.29, 1.82) is 0 Å². The van der Waals surface area contributed by atoms with Crippen LogP contribution in [0.4, 0.5) is 0 Å². The average molecular weight is 340 g/mol. The normalized spacial score (nSPS) is 11.4. The van der Waals surface area contributed by atoms with Gasteiger partial charge in [0.2, 0.25) is 0 Å². The van der Waals surface area contributed by atoms with Crippen molar-refractivity contribution in [2.24, 2.45) is 0 Å². The molecule has 2 heterocycles. The molecule has 0 spiro atoms. The lowest BCUT2D eigenvalue weighted by molar-refractivity contribution is 1.82. The second kappa shape index (κ2) is 5.02. The van der Waals surface area contributed by atoms with Crippen LogP contribution >= 0.6 is 61.8 Å². The number of rotatable bonds is 2. The van der Waals surface area contributed by atoms with Crippen LogP contribution in [0.5, 0.6) is 0 Å². The first-order chi connectivity index (χ1) is 7.16. The van der Waals surface area contributed by atoms with E-state index in [0.29, 0.717) is 4.34 Å². The first-order valence-corrected chi connectivity index (χ1v) is 7.27. The molecule has 0 aliphatic rings. The predicted octanol–water partition coefficient (Wildman–Crippen LogP) is 6.05. The highest BCUT2D eigenvalue weighted by Gasteiger charge is 2.02. The Kier molecular flexibility index (Phi) is 3.91. The highest BCUT2D eigenvalue weighted by Crippen LogP contribution is 2.33. The molecule has 0 amide bonds. The topological polar surface area (TPSA) is 0 Å². The molecule has 0 aromatic carbocycles. The summed E-state index contributed by atoms with van der Waals surface area (Å²) in [5.74, 6) is 0. The van der Waals surface area contributed by atoms with Gasteiger partial charge in [-0.1, -0.05) is 35.4 Å². The Balaban J connectivity index is 2.26. The van der Waals surface area contributed by atoms with Crippen LogP contribution in [0.25, 0.3) is 12.2 Å². The van der Waals surface area contributed by atoms with Crippen molar-refractivity contribution >= 4 is 74.0 Å². The van der Waals surface area contributed by atoms with Gasteiger partial charge in [-0.2, -0.15) is 0 Å². The largest absolute Gasteiger partial charge is 0.136 e. The lowest BCUT2D eigenvalue weighted by Gasteiger charge is -1.88. The third kappa shape index (κ3) is 2.86. The Morgan fingerprint density at radius 1 is 1.20 bits per heavy atom. The Hall–Kier alpha value is 0.200. The molecule has 2 aromatic heterocycles. The van der Waals surface area contributed by atoms with Crippen LogP contribution in [0.1, 0.15) is 11.1 Å². The van der Waals surface area contributed by atoms with Crippen molar-refractivity contribution in [2.75, 3.05) is 0 Å². The average Bonchev–Trinajstić information content (AvgIpc) is 2.70. The van der Waals surface area contributed by atoms with Gasteiger partial charge in [-0.3, -0.25) is 0 Å². The highest BCUT2D eigenvalue weighted by molar-refractivity contribution is 9.11. The summed E-state index contributed by atoms with van der Waals surface area (Å²) in [5.41, 5.74) is 2.11.